The Balaban J connectivity index is 1.94. The minimum atomic E-state index is -3.46. The van der Waals surface area contributed by atoms with Crippen molar-refractivity contribution in [3.63, 3.8) is 0 Å². The SMILES string of the molecule is CC(C)(C)CC(C)(C)NC(=O)C1CCN(S(=O)(=O)c2ccc(Br)s2)CC1. The lowest BCUT2D eigenvalue weighted by atomic mass is 9.81. The first kappa shape index (κ1) is 21.9. The van der Waals surface area contributed by atoms with Crippen LogP contribution in [-0.2, 0) is 14.8 Å². The fraction of sp³-hybridized carbons (Fsp3) is 0.722. The Hall–Kier alpha value is -0.440. The lowest BCUT2D eigenvalue weighted by molar-refractivity contribution is -0.128. The fourth-order valence-corrected chi connectivity index (χ4v) is 7.36. The number of rotatable bonds is 5. The number of hydrogen-bond acceptors (Lipinski definition) is 4. The van der Waals surface area contributed by atoms with Crippen LogP contribution in [0.4, 0.5) is 0 Å². The average Bonchev–Trinajstić information content (AvgIpc) is 2.91. The van der Waals surface area contributed by atoms with Gasteiger partial charge in [0.1, 0.15) is 4.21 Å². The van der Waals surface area contributed by atoms with E-state index in [0.717, 1.165) is 10.2 Å². The van der Waals surface area contributed by atoms with Crippen LogP contribution in [-0.4, -0.2) is 37.3 Å². The zero-order valence-corrected chi connectivity index (χ0v) is 19.4. The van der Waals surface area contributed by atoms with Gasteiger partial charge >= 0.3 is 0 Å². The number of sulfonamides is 1. The third-order valence-corrected chi connectivity index (χ3v) is 8.39. The molecule has 5 nitrogen and oxygen atoms in total. The molecule has 148 valence electrons. The highest BCUT2D eigenvalue weighted by Gasteiger charge is 2.35. The van der Waals surface area contributed by atoms with Crippen LogP contribution in [0.25, 0.3) is 0 Å². The summed E-state index contributed by atoms with van der Waals surface area (Å²) in [4.78, 5) is 12.6. The van der Waals surface area contributed by atoms with Crippen molar-refractivity contribution in [3.05, 3.63) is 15.9 Å². The molecule has 0 saturated carbocycles. The van der Waals surface area contributed by atoms with Crippen molar-refractivity contribution in [2.45, 2.75) is 63.6 Å². The predicted molar refractivity (Wildman–Crippen MR) is 110 cm³/mol. The first-order valence-electron chi connectivity index (χ1n) is 8.88. The second kappa shape index (κ2) is 7.89. The summed E-state index contributed by atoms with van der Waals surface area (Å²) in [5.74, 6) is -0.0917. The molecule has 1 N–H and O–H groups in total. The molecule has 26 heavy (non-hydrogen) atoms. The first-order valence-corrected chi connectivity index (χ1v) is 11.9. The third-order valence-electron chi connectivity index (χ3n) is 4.40. The normalized spacial score (nSPS) is 18.1. The number of carbonyl (C=O) groups excluding carboxylic acids is 1. The summed E-state index contributed by atoms with van der Waals surface area (Å²) >= 11 is 4.52. The van der Waals surface area contributed by atoms with Gasteiger partial charge in [0.2, 0.25) is 5.91 Å². The molecule has 0 aliphatic carbocycles. The van der Waals surface area contributed by atoms with E-state index in [9.17, 15) is 13.2 Å². The number of hydrogen-bond donors (Lipinski definition) is 1. The standard InChI is InChI=1S/C18H29BrN2O3S2/c1-17(2,3)12-18(4,5)20-16(22)13-8-10-21(11-9-13)26(23,24)15-7-6-14(19)25-15/h6-7,13H,8-12H2,1-5H3,(H,20,22). The molecule has 0 aromatic carbocycles. The van der Waals surface area contributed by atoms with E-state index in [1.54, 1.807) is 12.1 Å². The van der Waals surface area contributed by atoms with Crippen LogP contribution in [0.2, 0.25) is 0 Å². The van der Waals surface area contributed by atoms with Gasteiger partial charge in [0.05, 0.1) is 3.79 Å². The summed E-state index contributed by atoms with van der Waals surface area (Å²) < 4.78 is 28.0. The number of nitrogens with one attached hydrogen (secondary N) is 1. The second-order valence-electron chi connectivity index (χ2n) is 8.85. The van der Waals surface area contributed by atoms with E-state index in [1.165, 1.54) is 15.6 Å². The molecule has 2 heterocycles. The van der Waals surface area contributed by atoms with Crippen molar-refractivity contribution in [1.82, 2.24) is 9.62 Å². The molecule has 0 bridgehead atoms. The molecule has 1 saturated heterocycles. The van der Waals surface area contributed by atoms with E-state index in [4.69, 9.17) is 0 Å². The Morgan fingerprint density at radius 2 is 1.81 bits per heavy atom. The highest BCUT2D eigenvalue weighted by atomic mass is 79.9. The highest BCUT2D eigenvalue weighted by Crippen LogP contribution is 2.31. The molecular formula is C18H29BrN2O3S2. The third kappa shape index (κ3) is 5.78. The monoisotopic (exact) mass is 464 g/mol. The maximum absolute atomic E-state index is 12.7. The topological polar surface area (TPSA) is 66.5 Å². The van der Waals surface area contributed by atoms with Gasteiger partial charge in [-0.3, -0.25) is 4.79 Å². The molecule has 1 aromatic rings. The van der Waals surface area contributed by atoms with Crippen molar-refractivity contribution in [1.29, 1.82) is 0 Å². The Kier molecular flexibility index (Phi) is 6.63. The molecule has 1 aliphatic heterocycles. The lowest BCUT2D eigenvalue weighted by Crippen LogP contribution is -2.50. The quantitative estimate of drug-likeness (QED) is 0.708. The summed E-state index contributed by atoms with van der Waals surface area (Å²) in [6, 6.07) is 3.37. The number of piperidine rings is 1. The summed E-state index contributed by atoms with van der Waals surface area (Å²) in [7, 11) is -3.46. The molecule has 2 rings (SSSR count). The number of thiophene rings is 1. The van der Waals surface area contributed by atoms with Crippen LogP contribution in [0, 0.1) is 11.3 Å². The van der Waals surface area contributed by atoms with Crippen LogP contribution in [0.15, 0.2) is 20.1 Å². The van der Waals surface area contributed by atoms with Gasteiger partial charge in [-0.1, -0.05) is 20.8 Å². The van der Waals surface area contributed by atoms with E-state index in [2.05, 4.69) is 42.0 Å². The zero-order chi connectivity index (χ0) is 19.8. The van der Waals surface area contributed by atoms with Crippen molar-refractivity contribution >= 4 is 43.2 Å². The first-order chi connectivity index (χ1) is 11.8. The molecule has 0 atom stereocenters. The summed E-state index contributed by atoms with van der Waals surface area (Å²) in [5, 5.41) is 3.16. The maximum Gasteiger partial charge on any atom is 0.252 e. The van der Waals surface area contributed by atoms with Crippen LogP contribution >= 0.6 is 27.3 Å². The van der Waals surface area contributed by atoms with Crippen molar-refractivity contribution in [2.75, 3.05) is 13.1 Å². The molecule has 8 heteroatoms. The molecule has 0 unspecified atom stereocenters. The van der Waals surface area contributed by atoms with Crippen molar-refractivity contribution in [2.24, 2.45) is 11.3 Å². The highest BCUT2D eigenvalue weighted by molar-refractivity contribution is 9.11. The zero-order valence-electron chi connectivity index (χ0n) is 16.1. The number of halogens is 1. The molecule has 1 aromatic heterocycles. The average molecular weight is 465 g/mol. The Morgan fingerprint density at radius 3 is 2.27 bits per heavy atom. The Morgan fingerprint density at radius 1 is 1.23 bits per heavy atom. The molecule has 0 radical (unpaired) electrons. The molecule has 1 fully saturated rings. The van der Waals surface area contributed by atoms with Crippen molar-refractivity contribution < 1.29 is 13.2 Å². The largest absolute Gasteiger partial charge is 0.351 e. The smallest absolute Gasteiger partial charge is 0.252 e. The Labute approximate surface area is 169 Å². The van der Waals surface area contributed by atoms with Gasteiger partial charge in [0.15, 0.2) is 0 Å². The van der Waals surface area contributed by atoms with Gasteiger partial charge < -0.3 is 5.32 Å². The second-order valence-corrected chi connectivity index (χ2v) is 13.5. The van der Waals surface area contributed by atoms with Crippen LogP contribution < -0.4 is 5.32 Å². The molecule has 1 aliphatic rings. The lowest BCUT2D eigenvalue weighted by Gasteiger charge is -2.36. The molecule has 1 amide bonds. The van der Waals surface area contributed by atoms with Gasteiger partial charge in [-0.2, -0.15) is 4.31 Å². The van der Waals surface area contributed by atoms with Gasteiger partial charge in [-0.05, 0) is 66.6 Å². The fourth-order valence-electron chi connectivity index (χ4n) is 3.73. The van der Waals surface area contributed by atoms with Crippen LogP contribution in [0.1, 0.15) is 53.9 Å². The number of amides is 1. The summed E-state index contributed by atoms with van der Waals surface area (Å²) in [6.07, 6.45) is 2.00. The van der Waals surface area contributed by atoms with Crippen molar-refractivity contribution in [3.8, 4) is 0 Å². The van der Waals surface area contributed by atoms with Gasteiger partial charge in [-0.15, -0.1) is 11.3 Å². The molecular weight excluding hydrogens is 436 g/mol. The van der Waals surface area contributed by atoms with Gasteiger partial charge in [0.25, 0.3) is 10.0 Å². The van der Waals surface area contributed by atoms with E-state index >= 15 is 0 Å². The minimum Gasteiger partial charge on any atom is -0.351 e. The number of carbonyl (C=O) groups is 1. The summed E-state index contributed by atoms with van der Waals surface area (Å²) in [5.41, 5.74) is -0.148. The minimum absolute atomic E-state index is 0.0372. The Bertz CT molecular complexity index is 743. The summed E-state index contributed by atoms with van der Waals surface area (Å²) in [6.45, 7) is 11.3. The molecule has 0 spiro atoms. The van der Waals surface area contributed by atoms with E-state index in [1.807, 2.05) is 13.8 Å². The van der Waals surface area contributed by atoms with E-state index < -0.39 is 10.0 Å². The van der Waals surface area contributed by atoms with Crippen LogP contribution in [0.5, 0.6) is 0 Å². The van der Waals surface area contributed by atoms with Crippen LogP contribution in [0.3, 0.4) is 0 Å². The van der Waals surface area contributed by atoms with Gasteiger partial charge in [0, 0.05) is 24.5 Å². The maximum atomic E-state index is 12.7. The number of nitrogens with zero attached hydrogens (tertiary/aromatic N) is 1. The van der Waals surface area contributed by atoms with E-state index in [0.29, 0.717) is 30.1 Å². The van der Waals surface area contributed by atoms with E-state index in [-0.39, 0.29) is 22.8 Å². The predicted octanol–water partition coefficient (Wildman–Crippen LogP) is 4.24. The van der Waals surface area contributed by atoms with Gasteiger partial charge in [-0.25, -0.2) is 8.42 Å².